The molecule has 1 aromatic heterocycles. The van der Waals surface area contributed by atoms with Gasteiger partial charge < -0.3 is 5.32 Å². The van der Waals surface area contributed by atoms with E-state index in [0.29, 0.717) is 5.82 Å². The van der Waals surface area contributed by atoms with Crippen molar-refractivity contribution in [3.8, 4) is 0 Å². The number of nitrogens with zero attached hydrogens (tertiary/aromatic N) is 2. The van der Waals surface area contributed by atoms with Gasteiger partial charge in [-0.05, 0) is 31.2 Å². The number of nitrogens with one attached hydrogen (secondary N) is 2. The van der Waals surface area contributed by atoms with Crippen LogP contribution in [-0.2, 0) is 17.1 Å². The molecule has 1 atom stereocenters. The highest BCUT2D eigenvalue weighted by molar-refractivity contribution is 7.92. The summed E-state index contributed by atoms with van der Waals surface area (Å²) in [5.41, 5.74) is 0.948. The number of aromatic nitrogens is 2. The van der Waals surface area contributed by atoms with Gasteiger partial charge in [-0.1, -0.05) is 19.1 Å². The quantitative estimate of drug-likeness (QED) is 0.854. The Morgan fingerprint density at radius 3 is 2.67 bits per heavy atom. The fraction of sp³-hybridized carbons (Fsp3) is 0.357. The second-order valence-corrected chi connectivity index (χ2v) is 6.48. The van der Waals surface area contributed by atoms with Crippen molar-refractivity contribution in [2.24, 2.45) is 7.05 Å². The van der Waals surface area contributed by atoms with Crippen molar-refractivity contribution in [3.63, 3.8) is 0 Å². The number of hydrogen-bond acceptors (Lipinski definition) is 4. The lowest BCUT2D eigenvalue weighted by Crippen LogP contribution is -2.17. The minimum Gasteiger partial charge on any atom is -0.313 e. The number of sulfonamides is 1. The van der Waals surface area contributed by atoms with Gasteiger partial charge in [0, 0.05) is 25.4 Å². The van der Waals surface area contributed by atoms with Crippen molar-refractivity contribution in [1.29, 1.82) is 0 Å². The molecule has 0 aliphatic heterocycles. The Morgan fingerprint density at radius 2 is 2.10 bits per heavy atom. The molecule has 2 N–H and O–H groups in total. The van der Waals surface area contributed by atoms with Crippen LogP contribution >= 0.6 is 0 Å². The van der Waals surface area contributed by atoms with E-state index in [4.69, 9.17) is 0 Å². The first-order valence-corrected chi connectivity index (χ1v) is 8.24. The first kappa shape index (κ1) is 15.5. The fourth-order valence-corrected chi connectivity index (χ4v) is 3.22. The molecule has 1 aromatic carbocycles. The van der Waals surface area contributed by atoms with Crippen LogP contribution in [-0.4, -0.2) is 25.2 Å². The molecule has 2 rings (SSSR count). The average molecular weight is 308 g/mol. The molecule has 1 heterocycles. The average Bonchev–Trinajstić information content (AvgIpc) is 2.85. The van der Waals surface area contributed by atoms with Gasteiger partial charge in [0.15, 0.2) is 5.82 Å². The smallest absolute Gasteiger partial charge is 0.263 e. The van der Waals surface area contributed by atoms with Crippen LogP contribution in [0.1, 0.15) is 24.9 Å². The number of hydrogen-bond donors (Lipinski definition) is 2. The molecule has 7 heteroatoms. The zero-order valence-electron chi connectivity index (χ0n) is 12.4. The number of anilines is 1. The Bertz CT molecular complexity index is 705. The molecule has 114 valence electrons. The Morgan fingerprint density at radius 1 is 1.33 bits per heavy atom. The highest BCUT2D eigenvalue weighted by Gasteiger charge is 2.17. The van der Waals surface area contributed by atoms with E-state index >= 15 is 0 Å². The molecule has 2 aromatic rings. The van der Waals surface area contributed by atoms with Gasteiger partial charge in [-0.3, -0.25) is 9.40 Å². The molecule has 6 nitrogen and oxygen atoms in total. The third kappa shape index (κ3) is 3.62. The predicted molar refractivity (Wildman–Crippen MR) is 82.6 cm³/mol. The molecule has 0 bridgehead atoms. The fourth-order valence-electron chi connectivity index (χ4n) is 2.17. The highest BCUT2D eigenvalue weighted by Crippen LogP contribution is 2.21. The van der Waals surface area contributed by atoms with Gasteiger partial charge >= 0.3 is 0 Å². The lowest BCUT2D eigenvalue weighted by molar-refractivity contribution is 0.574. The summed E-state index contributed by atoms with van der Waals surface area (Å²) in [7, 11) is -0.0302. The van der Waals surface area contributed by atoms with Crippen molar-refractivity contribution in [1.82, 2.24) is 15.1 Å². The maximum absolute atomic E-state index is 12.4. The van der Waals surface area contributed by atoms with Gasteiger partial charge in [-0.2, -0.15) is 5.10 Å². The van der Waals surface area contributed by atoms with Gasteiger partial charge in [0.05, 0.1) is 4.90 Å². The van der Waals surface area contributed by atoms with E-state index in [-0.39, 0.29) is 10.9 Å². The molecule has 0 aliphatic carbocycles. The summed E-state index contributed by atoms with van der Waals surface area (Å²) in [6, 6.07) is 8.69. The zero-order valence-corrected chi connectivity index (χ0v) is 13.2. The van der Waals surface area contributed by atoms with E-state index in [2.05, 4.69) is 22.1 Å². The van der Waals surface area contributed by atoms with E-state index in [0.717, 1.165) is 12.0 Å². The van der Waals surface area contributed by atoms with Gasteiger partial charge in [0.25, 0.3) is 10.0 Å². The number of rotatable bonds is 6. The summed E-state index contributed by atoms with van der Waals surface area (Å²) in [5, 5.41) is 7.19. The SMILES string of the molecule is CCC(NC)c1cccc(S(=O)(=O)Nc2ccn(C)n2)c1. The molecule has 0 amide bonds. The standard InChI is InChI=1S/C14H20N4O2S/c1-4-13(15-2)11-6-5-7-12(10-11)21(19,20)17-14-8-9-18(3)16-14/h5-10,13,15H,4H2,1-3H3,(H,16,17). The summed E-state index contributed by atoms with van der Waals surface area (Å²) in [5.74, 6) is 0.309. The topological polar surface area (TPSA) is 76.0 Å². The van der Waals surface area contributed by atoms with Crippen LogP contribution in [0.2, 0.25) is 0 Å². The van der Waals surface area contributed by atoms with E-state index in [1.54, 1.807) is 42.2 Å². The molecule has 0 saturated carbocycles. The van der Waals surface area contributed by atoms with Crippen LogP contribution < -0.4 is 10.0 Å². The van der Waals surface area contributed by atoms with Gasteiger partial charge in [-0.15, -0.1) is 0 Å². The highest BCUT2D eigenvalue weighted by atomic mass is 32.2. The molecule has 21 heavy (non-hydrogen) atoms. The summed E-state index contributed by atoms with van der Waals surface area (Å²) >= 11 is 0. The first-order chi connectivity index (χ1) is 9.96. The first-order valence-electron chi connectivity index (χ1n) is 6.76. The minimum atomic E-state index is -3.63. The van der Waals surface area contributed by atoms with Crippen LogP contribution in [0.5, 0.6) is 0 Å². The summed E-state index contributed by atoms with van der Waals surface area (Å²) in [4.78, 5) is 0.236. The second-order valence-electron chi connectivity index (χ2n) is 4.80. The zero-order chi connectivity index (χ0) is 15.5. The molecular weight excluding hydrogens is 288 g/mol. The van der Waals surface area contributed by atoms with Crippen LogP contribution in [0.3, 0.4) is 0 Å². The van der Waals surface area contributed by atoms with Crippen LogP contribution in [0.25, 0.3) is 0 Å². The monoisotopic (exact) mass is 308 g/mol. The van der Waals surface area contributed by atoms with Crippen LogP contribution in [0.15, 0.2) is 41.4 Å². The number of aryl methyl sites for hydroxylation is 1. The Balaban J connectivity index is 2.29. The lowest BCUT2D eigenvalue weighted by Gasteiger charge is -2.15. The summed E-state index contributed by atoms with van der Waals surface area (Å²) in [6.45, 7) is 2.05. The second kappa shape index (κ2) is 6.28. The Kier molecular flexibility index (Phi) is 4.64. The van der Waals surface area contributed by atoms with Crippen molar-refractivity contribution in [2.45, 2.75) is 24.3 Å². The molecule has 0 spiro atoms. The predicted octanol–water partition coefficient (Wildman–Crippen LogP) is 1.89. The van der Waals surface area contributed by atoms with E-state index in [9.17, 15) is 8.42 Å². The van der Waals surface area contributed by atoms with Gasteiger partial charge in [0.2, 0.25) is 0 Å². The minimum absolute atomic E-state index is 0.134. The van der Waals surface area contributed by atoms with E-state index < -0.39 is 10.0 Å². The Hall–Kier alpha value is -1.86. The van der Waals surface area contributed by atoms with Crippen LogP contribution in [0.4, 0.5) is 5.82 Å². The van der Waals surface area contributed by atoms with Crippen molar-refractivity contribution < 1.29 is 8.42 Å². The third-order valence-electron chi connectivity index (χ3n) is 3.28. The van der Waals surface area contributed by atoms with Gasteiger partial charge in [0.1, 0.15) is 0 Å². The largest absolute Gasteiger partial charge is 0.313 e. The molecular formula is C14H20N4O2S. The maximum Gasteiger partial charge on any atom is 0.263 e. The third-order valence-corrected chi connectivity index (χ3v) is 4.63. The lowest BCUT2D eigenvalue weighted by atomic mass is 10.1. The molecule has 0 radical (unpaired) electrons. The van der Waals surface area contributed by atoms with Gasteiger partial charge in [-0.25, -0.2) is 8.42 Å². The molecule has 0 fully saturated rings. The van der Waals surface area contributed by atoms with E-state index in [1.807, 2.05) is 13.1 Å². The maximum atomic E-state index is 12.4. The summed E-state index contributed by atoms with van der Waals surface area (Å²) in [6.07, 6.45) is 2.57. The molecule has 1 unspecified atom stereocenters. The Labute approximate surface area is 125 Å². The van der Waals surface area contributed by atoms with Crippen molar-refractivity contribution in [3.05, 3.63) is 42.1 Å². The summed E-state index contributed by atoms with van der Waals surface area (Å²) < 4.78 is 28.8. The molecule has 0 saturated heterocycles. The normalized spacial score (nSPS) is 13.1. The molecule has 0 aliphatic rings. The van der Waals surface area contributed by atoms with Crippen molar-refractivity contribution >= 4 is 15.8 Å². The van der Waals surface area contributed by atoms with Crippen molar-refractivity contribution in [2.75, 3.05) is 11.8 Å². The van der Waals surface area contributed by atoms with Crippen LogP contribution in [0, 0.1) is 0 Å². The van der Waals surface area contributed by atoms with E-state index in [1.165, 1.54) is 0 Å². The number of benzene rings is 1.